The number of hydrogen-bond acceptors (Lipinski definition) is 5. The van der Waals surface area contributed by atoms with E-state index in [0.29, 0.717) is 13.0 Å². The summed E-state index contributed by atoms with van der Waals surface area (Å²) in [5.41, 5.74) is 1.89. The van der Waals surface area contributed by atoms with Gasteiger partial charge in [0.15, 0.2) is 6.29 Å². The molecule has 3 rings (SSSR count). The first kappa shape index (κ1) is 18.2. The van der Waals surface area contributed by atoms with E-state index in [9.17, 15) is 4.79 Å². The number of nitrogens with zero attached hydrogens (tertiary/aromatic N) is 2. The second kappa shape index (κ2) is 9.22. The van der Waals surface area contributed by atoms with Crippen LogP contribution < -0.4 is 0 Å². The van der Waals surface area contributed by atoms with Crippen LogP contribution in [0.5, 0.6) is 0 Å². The summed E-state index contributed by atoms with van der Waals surface area (Å²) >= 11 is 0. The highest BCUT2D eigenvalue weighted by Gasteiger charge is 2.33. The molecule has 2 aromatic heterocycles. The molecule has 1 fully saturated rings. The van der Waals surface area contributed by atoms with E-state index in [-0.39, 0.29) is 18.4 Å². The number of rotatable bonds is 7. The summed E-state index contributed by atoms with van der Waals surface area (Å²) in [5.74, 6) is -0.653. The van der Waals surface area contributed by atoms with Gasteiger partial charge in [0.05, 0.1) is 12.7 Å². The van der Waals surface area contributed by atoms with Crippen LogP contribution in [-0.4, -0.2) is 27.7 Å². The molecular weight excluding hydrogens is 332 g/mol. The van der Waals surface area contributed by atoms with Gasteiger partial charge in [0, 0.05) is 42.7 Å². The quantitative estimate of drug-likeness (QED) is 0.764. The molecule has 136 valence electrons. The molecule has 0 amide bonds. The van der Waals surface area contributed by atoms with Crippen LogP contribution in [0, 0.1) is 5.92 Å². The van der Waals surface area contributed by atoms with Crippen LogP contribution in [0.1, 0.15) is 42.8 Å². The number of ether oxygens (including phenoxy) is 2. The molecule has 0 spiro atoms. The molecule has 1 aliphatic rings. The largest absolute Gasteiger partial charge is 0.481 e. The van der Waals surface area contributed by atoms with E-state index >= 15 is 0 Å². The van der Waals surface area contributed by atoms with Crippen molar-refractivity contribution in [2.24, 2.45) is 5.92 Å². The zero-order valence-corrected chi connectivity index (χ0v) is 14.4. The summed E-state index contributed by atoms with van der Waals surface area (Å²) < 4.78 is 12.1. The Bertz CT molecular complexity index is 721. The van der Waals surface area contributed by atoms with Crippen LogP contribution in [0.3, 0.4) is 0 Å². The van der Waals surface area contributed by atoms with Crippen molar-refractivity contribution >= 4 is 5.97 Å². The number of allylic oxidation sites excluding steroid dienone is 2. The van der Waals surface area contributed by atoms with Crippen molar-refractivity contribution in [3.05, 3.63) is 72.3 Å². The van der Waals surface area contributed by atoms with Gasteiger partial charge in [-0.1, -0.05) is 24.3 Å². The zero-order valence-electron chi connectivity index (χ0n) is 14.4. The van der Waals surface area contributed by atoms with Crippen LogP contribution >= 0.6 is 0 Å². The molecule has 0 bridgehead atoms. The molecule has 2 aromatic rings. The van der Waals surface area contributed by atoms with Gasteiger partial charge in [-0.3, -0.25) is 14.8 Å². The monoisotopic (exact) mass is 354 g/mol. The highest BCUT2D eigenvalue weighted by Crippen LogP contribution is 2.39. The van der Waals surface area contributed by atoms with E-state index in [1.807, 2.05) is 42.6 Å². The third-order valence-corrected chi connectivity index (χ3v) is 4.26. The molecule has 1 N–H and O–H groups in total. The predicted octanol–water partition coefficient (Wildman–Crippen LogP) is 3.69. The van der Waals surface area contributed by atoms with Crippen molar-refractivity contribution in [2.75, 3.05) is 6.61 Å². The Balaban J connectivity index is 1.69. The minimum atomic E-state index is -0.786. The van der Waals surface area contributed by atoms with Crippen molar-refractivity contribution < 1.29 is 19.4 Å². The van der Waals surface area contributed by atoms with Gasteiger partial charge in [0.25, 0.3) is 0 Å². The van der Waals surface area contributed by atoms with Crippen molar-refractivity contribution in [1.82, 2.24) is 9.97 Å². The SMILES string of the molecule is O=C(O)CC/C=C\CC1COC(c2cccnc2)OC1c1cccnc1. The molecule has 6 heteroatoms. The van der Waals surface area contributed by atoms with E-state index in [4.69, 9.17) is 14.6 Å². The summed E-state index contributed by atoms with van der Waals surface area (Å²) in [6, 6.07) is 7.69. The summed E-state index contributed by atoms with van der Waals surface area (Å²) in [5, 5.41) is 8.70. The second-order valence-electron chi connectivity index (χ2n) is 6.19. The maximum absolute atomic E-state index is 10.6. The van der Waals surface area contributed by atoms with Crippen LogP contribution in [0.2, 0.25) is 0 Å². The first-order chi connectivity index (χ1) is 12.7. The highest BCUT2D eigenvalue weighted by molar-refractivity contribution is 5.66. The van der Waals surface area contributed by atoms with E-state index in [0.717, 1.165) is 17.5 Å². The maximum atomic E-state index is 10.6. The van der Waals surface area contributed by atoms with Gasteiger partial charge in [-0.05, 0) is 30.5 Å². The number of aliphatic carboxylic acids is 1. The summed E-state index contributed by atoms with van der Waals surface area (Å²) in [6.07, 6.45) is 11.7. The van der Waals surface area contributed by atoms with Gasteiger partial charge in [-0.25, -0.2) is 0 Å². The lowest BCUT2D eigenvalue weighted by atomic mass is 9.92. The summed E-state index contributed by atoms with van der Waals surface area (Å²) in [4.78, 5) is 18.9. The molecule has 0 saturated carbocycles. The fourth-order valence-corrected chi connectivity index (χ4v) is 2.95. The van der Waals surface area contributed by atoms with Crippen molar-refractivity contribution in [3.63, 3.8) is 0 Å². The summed E-state index contributed by atoms with van der Waals surface area (Å²) in [7, 11) is 0. The van der Waals surface area contributed by atoms with Gasteiger partial charge >= 0.3 is 5.97 Å². The molecule has 0 radical (unpaired) electrons. The molecule has 1 saturated heterocycles. The first-order valence-corrected chi connectivity index (χ1v) is 8.67. The minimum Gasteiger partial charge on any atom is -0.481 e. The Morgan fingerprint density at radius 2 is 1.88 bits per heavy atom. The standard InChI is InChI=1S/C20H22N2O4/c23-18(24)9-3-1-2-6-17-14-25-20(16-8-5-11-22-13-16)26-19(17)15-7-4-10-21-12-15/h1-2,4-5,7-8,10-13,17,19-20H,3,6,9,14H2,(H,23,24)/b2-1-. The van der Waals surface area contributed by atoms with E-state index in [1.165, 1.54) is 0 Å². The van der Waals surface area contributed by atoms with Crippen molar-refractivity contribution in [3.8, 4) is 0 Å². The van der Waals surface area contributed by atoms with Gasteiger partial charge in [0.1, 0.15) is 0 Å². The lowest BCUT2D eigenvalue weighted by molar-refractivity contribution is -0.244. The van der Waals surface area contributed by atoms with Crippen molar-refractivity contribution in [1.29, 1.82) is 0 Å². The van der Waals surface area contributed by atoms with Gasteiger partial charge in [-0.15, -0.1) is 0 Å². The van der Waals surface area contributed by atoms with Gasteiger partial charge in [-0.2, -0.15) is 0 Å². The molecule has 0 aliphatic carbocycles. The molecule has 3 unspecified atom stereocenters. The molecule has 0 aromatic carbocycles. The van der Waals surface area contributed by atoms with Gasteiger partial charge in [0.2, 0.25) is 0 Å². The normalized spacial score (nSPS) is 23.2. The Morgan fingerprint density at radius 3 is 2.54 bits per heavy atom. The number of carbonyl (C=O) groups is 1. The van der Waals surface area contributed by atoms with Crippen molar-refractivity contribution in [2.45, 2.75) is 31.7 Å². The number of carboxylic acid groups (broad SMARTS) is 1. The fourth-order valence-electron chi connectivity index (χ4n) is 2.95. The Kier molecular flexibility index (Phi) is 6.46. The number of hydrogen-bond donors (Lipinski definition) is 1. The third-order valence-electron chi connectivity index (χ3n) is 4.26. The average molecular weight is 354 g/mol. The minimum absolute atomic E-state index is 0.133. The molecule has 1 aliphatic heterocycles. The number of aromatic nitrogens is 2. The number of pyridine rings is 2. The van der Waals surface area contributed by atoms with E-state index in [1.54, 1.807) is 18.6 Å². The molecule has 26 heavy (non-hydrogen) atoms. The second-order valence-corrected chi connectivity index (χ2v) is 6.19. The maximum Gasteiger partial charge on any atom is 0.303 e. The molecular formula is C20H22N2O4. The Hall–Kier alpha value is -2.57. The molecule has 6 nitrogen and oxygen atoms in total. The molecule has 3 heterocycles. The van der Waals surface area contributed by atoms with Crippen LogP contribution in [-0.2, 0) is 14.3 Å². The average Bonchev–Trinajstić information content (AvgIpc) is 2.69. The van der Waals surface area contributed by atoms with E-state index < -0.39 is 12.3 Å². The lowest BCUT2D eigenvalue weighted by Gasteiger charge is -2.36. The van der Waals surface area contributed by atoms with Crippen LogP contribution in [0.15, 0.2) is 61.2 Å². The summed E-state index contributed by atoms with van der Waals surface area (Å²) in [6.45, 7) is 0.544. The van der Waals surface area contributed by atoms with Crippen LogP contribution in [0.25, 0.3) is 0 Å². The van der Waals surface area contributed by atoms with Crippen LogP contribution in [0.4, 0.5) is 0 Å². The Labute approximate surface area is 152 Å². The molecule has 3 atom stereocenters. The van der Waals surface area contributed by atoms with E-state index in [2.05, 4.69) is 9.97 Å². The lowest BCUT2D eigenvalue weighted by Crippen LogP contribution is -2.30. The van der Waals surface area contributed by atoms with Gasteiger partial charge < -0.3 is 14.6 Å². The fraction of sp³-hybridized carbons (Fsp3) is 0.350. The predicted molar refractivity (Wildman–Crippen MR) is 95.1 cm³/mol. The zero-order chi connectivity index (χ0) is 18.2. The first-order valence-electron chi connectivity index (χ1n) is 8.67. The topological polar surface area (TPSA) is 81.5 Å². The smallest absolute Gasteiger partial charge is 0.303 e. The number of carboxylic acids is 1. The Morgan fingerprint density at radius 1 is 1.15 bits per heavy atom. The third kappa shape index (κ3) is 4.97. The highest BCUT2D eigenvalue weighted by atomic mass is 16.7.